The molecule has 2 atom stereocenters. The van der Waals surface area contributed by atoms with Crippen molar-refractivity contribution in [2.45, 2.75) is 45.1 Å². The van der Waals surface area contributed by atoms with Crippen LogP contribution in [0.1, 0.15) is 50.7 Å². The fourth-order valence-electron chi connectivity index (χ4n) is 3.51. The summed E-state index contributed by atoms with van der Waals surface area (Å²) in [7, 11) is 0. The predicted molar refractivity (Wildman–Crippen MR) is 110 cm³/mol. The molecule has 1 saturated carbocycles. The van der Waals surface area contributed by atoms with Crippen molar-refractivity contribution in [3.63, 3.8) is 0 Å². The first-order chi connectivity index (χ1) is 13.4. The van der Waals surface area contributed by atoms with Crippen LogP contribution >= 0.6 is 0 Å². The average molecular weight is 374 g/mol. The van der Waals surface area contributed by atoms with Gasteiger partial charge in [0.1, 0.15) is 0 Å². The zero-order valence-corrected chi connectivity index (χ0v) is 16.7. The van der Waals surface area contributed by atoms with Crippen LogP contribution in [0.4, 0.5) is 0 Å². The van der Waals surface area contributed by atoms with Crippen LogP contribution in [0.5, 0.6) is 0 Å². The van der Waals surface area contributed by atoms with E-state index in [0.717, 1.165) is 70.6 Å². The van der Waals surface area contributed by atoms with Gasteiger partial charge in [-0.25, -0.2) is 0 Å². The summed E-state index contributed by atoms with van der Waals surface area (Å²) >= 11 is 0. The Labute approximate surface area is 163 Å². The Morgan fingerprint density at radius 3 is 2.81 bits per heavy atom. The van der Waals surface area contributed by atoms with Gasteiger partial charge >= 0.3 is 0 Å². The van der Waals surface area contributed by atoms with Crippen molar-refractivity contribution < 1.29 is 9.47 Å². The number of hydrogen-bond acceptors (Lipinski definition) is 3. The van der Waals surface area contributed by atoms with E-state index >= 15 is 0 Å². The Kier molecular flexibility index (Phi) is 8.43. The third-order valence-corrected chi connectivity index (χ3v) is 5.21. The molecule has 1 aliphatic heterocycles. The highest BCUT2D eigenvalue weighted by Gasteiger charge is 2.27. The van der Waals surface area contributed by atoms with E-state index in [0.29, 0.717) is 5.92 Å². The maximum absolute atomic E-state index is 6.09. The summed E-state index contributed by atoms with van der Waals surface area (Å²) in [4.78, 5) is 4.84. The topological polar surface area (TPSA) is 54.9 Å². The molecular formula is C22H35N3O2. The van der Waals surface area contributed by atoms with Crippen molar-refractivity contribution in [2.75, 3.05) is 39.5 Å². The van der Waals surface area contributed by atoms with E-state index < -0.39 is 0 Å². The first kappa shape index (κ1) is 20.2. The summed E-state index contributed by atoms with van der Waals surface area (Å²) in [6.45, 7) is 7.26. The Morgan fingerprint density at radius 1 is 1.19 bits per heavy atom. The van der Waals surface area contributed by atoms with Crippen LogP contribution in [0, 0.1) is 11.8 Å². The SMILES string of the molecule is CCNC(=NCC1CCCOC1c1ccccc1)NCCCOCC1CC1. The quantitative estimate of drug-likeness (QED) is 0.374. The van der Waals surface area contributed by atoms with E-state index in [-0.39, 0.29) is 6.10 Å². The van der Waals surface area contributed by atoms with Crippen molar-refractivity contribution in [1.29, 1.82) is 0 Å². The number of nitrogens with zero attached hydrogens (tertiary/aromatic N) is 1. The Morgan fingerprint density at radius 2 is 2.04 bits per heavy atom. The lowest BCUT2D eigenvalue weighted by Crippen LogP contribution is -2.39. The predicted octanol–water partition coefficient (Wildman–Crippen LogP) is 3.53. The largest absolute Gasteiger partial charge is 0.381 e. The molecule has 0 amide bonds. The van der Waals surface area contributed by atoms with Crippen molar-refractivity contribution >= 4 is 5.96 Å². The van der Waals surface area contributed by atoms with Gasteiger partial charge in [0.2, 0.25) is 0 Å². The van der Waals surface area contributed by atoms with Gasteiger partial charge in [0.15, 0.2) is 5.96 Å². The molecule has 1 aliphatic carbocycles. The van der Waals surface area contributed by atoms with E-state index in [1.807, 2.05) is 0 Å². The maximum Gasteiger partial charge on any atom is 0.191 e. The summed E-state index contributed by atoms with van der Waals surface area (Å²) in [5, 5.41) is 6.79. The molecule has 0 bridgehead atoms. The Hall–Kier alpha value is -1.59. The molecule has 27 heavy (non-hydrogen) atoms. The first-order valence-corrected chi connectivity index (χ1v) is 10.6. The third kappa shape index (κ3) is 7.15. The fourth-order valence-corrected chi connectivity index (χ4v) is 3.51. The summed E-state index contributed by atoms with van der Waals surface area (Å²) in [5.74, 6) is 2.17. The molecule has 5 nitrogen and oxygen atoms in total. The molecule has 2 N–H and O–H groups in total. The van der Waals surface area contributed by atoms with Gasteiger partial charge in [-0.2, -0.15) is 0 Å². The van der Waals surface area contributed by atoms with Gasteiger partial charge < -0.3 is 20.1 Å². The van der Waals surface area contributed by atoms with Crippen molar-refractivity contribution in [2.24, 2.45) is 16.8 Å². The number of nitrogens with one attached hydrogen (secondary N) is 2. The zero-order valence-electron chi connectivity index (χ0n) is 16.7. The van der Waals surface area contributed by atoms with Gasteiger partial charge in [-0.05, 0) is 50.5 Å². The zero-order chi connectivity index (χ0) is 18.7. The molecule has 0 aromatic heterocycles. The number of hydrogen-bond donors (Lipinski definition) is 2. The van der Waals surface area contributed by atoms with E-state index in [1.165, 1.54) is 18.4 Å². The molecule has 0 radical (unpaired) electrons. The lowest BCUT2D eigenvalue weighted by molar-refractivity contribution is -0.0250. The number of benzene rings is 1. The van der Waals surface area contributed by atoms with Gasteiger partial charge in [-0.15, -0.1) is 0 Å². The van der Waals surface area contributed by atoms with Crippen LogP contribution in [0.2, 0.25) is 0 Å². The van der Waals surface area contributed by atoms with Crippen LogP contribution in [-0.2, 0) is 9.47 Å². The van der Waals surface area contributed by atoms with Gasteiger partial charge in [0.05, 0.1) is 6.10 Å². The molecule has 1 aromatic carbocycles. The summed E-state index contributed by atoms with van der Waals surface area (Å²) in [6, 6.07) is 10.6. The normalized spacial score (nSPS) is 23.2. The van der Waals surface area contributed by atoms with Crippen LogP contribution in [-0.4, -0.2) is 45.4 Å². The molecule has 1 saturated heterocycles. The molecule has 3 rings (SSSR count). The first-order valence-electron chi connectivity index (χ1n) is 10.6. The van der Waals surface area contributed by atoms with Gasteiger partial charge in [0, 0.05) is 45.4 Å². The van der Waals surface area contributed by atoms with Gasteiger partial charge in [-0.3, -0.25) is 4.99 Å². The Balaban J connectivity index is 1.45. The summed E-state index contributed by atoms with van der Waals surface area (Å²) < 4.78 is 11.8. The number of ether oxygens (including phenoxy) is 2. The number of guanidine groups is 1. The minimum Gasteiger partial charge on any atom is -0.381 e. The molecule has 2 unspecified atom stereocenters. The van der Waals surface area contributed by atoms with Crippen molar-refractivity contribution in [1.82, 2.24) is 10.6 Å². The molecule has 1 aromatic rings. The third-order valence-electron chi connectivity index (χ3n) is 5.21. The highest BCUT2D eigenvalue weighted by molar-refractivity contribution is 5.79. The van der Waals surface area contributed by atoms with E-state index in [1.54, 1.807) is 0 Å². The second-order valence-electron chi connectivity index (χ2n) is 7.62. The molecule has 2 aliphatic rings. The van der Waals surface area contributed by atoms with E-state index in [4.69, 9.17) is 14.5 Å². The highest BCUT2D eigenvalue weighted by atomic mass is 16.5. The second kappa shape index (κ2) is 11.3. The molecule has 150 valence electrons. The van der Waals surface area contributed by atoms with Crippen molar-refractivity contribution in [3.8, 4) is 0 Å². The van der Waals surface area contributed by atoms with E-state index in [2.05, 4.69) is 47.9 Å². The maximum atomic E-state index is 6.09. The smallest absolute Gasteiger partial charge is 0.191 e. The standard InChI is InChI=1S/C22H35N3O2/c1-2-23-22(24-13-7-14-26-17-18-11-12-18)25-16-20-10-6-15-27-21(20)19-8-4-3-5-9-19/h3-5,8-9,18,20-21H,2,6-7,10-17H2,1H3,(H2,23,24,25). The minimum atomic E-state index is 0.155. The lowest BCUT2D eigenvalue weighted by Gasteiger charge is -2.31. The number of aliphatic imine (C=N–C) groups is 1. The van der Waals surface area contributed by atoms with Crippen LogP contribution in [0.25, 0.3) is 0 Å². The van der Waals surface area contributed by atoms with Gasteiger partial charge in [0.25, 0.3) is 0 Å². The molecular weight excluding hydrogens is 338 g/mol. The van der Waals surface area contributed by atoms with Crippen LogP contribution < -0.4 is 10.6 Å². The van der Waals surface area contributed by atoms with Crippen LogP contribution in [0.3, 0.4) is 0 Å². The van der Waals surface area contributed by atoms with Crippen LogP contribution in [0.15, 0.2) is 35.3 Å². The molecule has 5 heteroatoms. The molecule has 2 fully saturated rings. The van der Waals surface area contributed by atoms with E-state index in [9.17, 15) is 0 Å². The van der Waals surface area contributed by atoms with Gasteiger partial charge in [-0.1, -0.05) is 30.3 Å². The second-order valence-corrected chi connectivity index (χ2v) is 7.62. The average Bonchev–Trinajstić information content (AvgIpc) is 3.54. The Bertz CT molecular complexity index is 560. The summed E-state index contributed by atoms with van der Waals surface area (Å²) in [5.41, 5.74) is 1.27. The summed E-state index contributed by atoms with van der Waals surface area (Å²) in [6.07, 6.45) is 6.15. The highest BCUT2D eigenvalue weighted by Crippen LogP contribution is 2.33. The lowest BCUT2D eigenvalue weighted by atomic mass is 9.89. The molecule has 1 heterocycles. The fraction of sp³-hybridized carbons (Fsp3) is 0.682. The molecule has 0 spiro atoms. The minimum absolute atomic E-state index is 0.155. The number of rotatable bonds is 10. The monoisotopic (exact) mass is 373 g/mol. The van der Waals surface area contributed by atoms with Crippen molar-refractivity contribution in [3.05, 3.63) is 35.9 Å².